The molecule has 270 valence electrons. The van der Waals surface area contributed by atoms with Crippen molar-refractivity contribution in [1.82, 2.24) is 0 Å². The monoisotopic (exact) mass is 670 g/mol. The molecule has 0 saturated carbocycles. The molecule has 0 aromatic carbocycles. The molecule has 0 amide bonds. The predicted molar refractivity (Wildman–Crippen MR) is 181 cm³/mol. The molecule has 0 saturated heterocycles. The lowest BCUT2D eigenvalue weighted by Gasteiger charge is -2.24. The maximum atomic E-state index is 12.4. The van der Waals surface area contributed by atoms with Crippen molar-refractivity contribution in [3.05, 3.63) is 0 Å². The highest BCUT2D eigenvalue weighted by Crippen LogP contribution is 2.43. The van der Waals surface area contributed by atoms with E-state index in [0.29, 0.717) is 23.9 Å². The van der Waals surface area contributed by atoms with Crippen LogP contribution in [0.2, 0.25) is 0 Å². The van der Waals surface area contributed by atoms with Crippen molar-refractivity contribution in [2.45, 2.75) is 123 Å². The Labute approximate surface area is 275 Å². The van der Waals surface area contributed by atoms with Crippen molar-refractivity contribution in [1.29, 1.82) is 0 Å². The summed E-state index contributed by atoms with van der Waals surface area (Å²) in [4.78, 5) is 34.6. The predicted octanol–water partition coefficient (Wildman–Crippen LogP) is 6.25. The van der Waals surface area contributed by atoms with E-state index < -0.39 is 26.5 Å². The minimum atomic E-state index is -4.34. The first kappa shape index (κ1) is 46.1. The van der Waals surface area contributed by atoms with Gasteiger partial charge in [-0.15, -0.1) is 0 Å². The van der Waals surface area contributed by atoms with Gasteiger partial charge in [0.1, 0.15) is 26.3 Å². The molecule has 0 aliphatic rings. The Bertz CT molecular complexity index is 770. The van der Waals surface area contributed by atoms with Crippen LogP contribution >= 0.6 is 7.82 Å². The lowest BCUT2D eigenvalue weighted by Crippen LogP contribution is -2.37. The van der Waals surface area contributed by atoms with E-state index in [0.717, 1.165) is 49.6 Å². The van der Waals surface area contributed by atoms with E-state index in [4.69, 9.17) is 23.6 Å². The number of carbonyl (C=O) groups is 2. The quantitative estimate of drug-likeness (QED) is 0.0430. The average molecular weight is 671 g/mol. The molecule has 0 aliphatic carbocycles. The number of phosphoric ester groups is 1. The van der Waals surface area contributed by atoms with E-state index in [9.17, 15) is 19.0 Å². The van der Waals surface area contributed by atoms with Gasteiger partial charge >= 0.3 is 19.8 Å². The maximum Gasteiger partial charge on any atom is 0.472 e. The van der Waals surface area contributed by atoms with Gasteiger partial charge in [0, 0.05) is 12.8 Å². The number of esters is 2. The molecule has 0 aromatic rings. The summed E-state index contributed by atoms with van der Waals surface area (Å²) in [5.41, 5.74) is 0. The molecule has 12 heteroatoms. The summed E-state index contributed by atoms with van der Waals surface area (Å²) in [6, 6.07) is 0. The topological polar surface area (TPSA) is 129 Å². The van der Waals surface area contributed by atoms with E-state index in [1.54, 1.807) is 0 Å². The Morgan fingerprint density at radius 2 is 1.09 bits per heavy atom. The van der Waals surface area contributed by atoms with E-state index >= 15 is 0 Å². The molecule has 0 fully saturated rings. The standard InChI is InChI=1S/C28H56NO8P.C5H14NO/c1-6-8-10-12-14-16-18-20-27(30)34-24-26(25-36-38(32,33)35-23-22-29(3,4)5)37-28(31)21-19-17-15-13-11-9-7-2;1-6(2,3)4-5-7/h26H,6-25H2,1-5H3;7H,4-5H2,1-3H3/q;+1/p+1/t26-;/m1./s1. The lowest BCUT2D eigenvalue weighted by molar-refractivity contribution is -0.870. The van der Waals surface area contributed by atoms with Gasteiger partial charge in [0.15, 0.2) is 6.10 Å². The van der Waals surface area contributed by atoms with Gasteiger partial charge in [-0.2, -0.15) is 0 Å². The van der Waals surface area contributed by atoms with Gasteiger partial charge in [0.25, 0.3) is 0 Å². The zero-order valence-corrected chi connectivity index (χ0v) is 31.1. The molecule has 45 heavy (non-hydrogen) atoms. The molecular formula is C33H71N2O9P+2. The van der Waals surface area contributed by atoms with Crippen LogP contribution in [-0.4, -0.2) is 119 Å². The normalized spacial score (nSPS) is 13.8. The lowest BCUT2D eigenvalue weighted by atomic mass is 10.1. The zero-order chi connectivity index (χ0) is 34.6. The van der Waals surface area contributed by atoms with Gasteiger partial charge in [-0.05, 0) is 12.8 Å². The largest absolute Gasteiger partial charge is 0.472 e. The molecule has 0 aromatic heterocycles. The number of phosphoric acid groups is 1. The number of aliphatic hydroxyl groups is 1. The highest BCUT2D eigenvalue weighted by molar-refractivity contribution is 7.47. The van der Waals surface area contributed by atoms with Gasteiger partial charge in [-0.25, -0.2) is 4.57 Å². The van der Waals surface area contributed by atoms with Crippen LogP contribution in [0.15, 0.2) is 0 Å². The molecule has 0 aliphatic heterocycles. The minimum Gasteiger partial charge on any atom is -0.462 e. The number of rotatable bonds is 28. The van der Waals surface area contributed by atoms with Crippen molar-refractivity contribution < 1.29 is 51.6 Å². The summed E-state index contributed by atoms with van der Waals surface area (Å²) in [7, 11) is 7.63. The third-order valence-corrected chi connectivity index (χ3v) is 7.89. The number of unbranched alkanes of at least 4 members (excludes halogenated alkanes) is 12. The number of carbonyl (C=O) groups excluding carboxylic acids is 2. The molecule has 0 bridgehead atoms. The maximum absolute atomic E-state index is 12.4. The first-order valence-electron chi connectivity index (χ1n) is 17.2. The highest BCUT2D eigenvalue weighted by atomic mass is 31.2. The number of hydrogen-bond acceptors (Lipinski definition) is 8. The molecule has 1 unspecified atom stereocenters. The SMILES string of the molecule is CCCCCCCCCC(=O)OC[C@H](COP(=O)(O)OCC[N+](C)(C)C)OC(=O)CCCCCCCCC.C[N+](C)(C)CCO. The van der Waals surface area contributed by atoms with E-state index in [1.165, 1.54) is 44.9 Å². The van der Waals surface area contributed by atoms with Crippen LogP contribution in [0, 0.1) is 0 Å². The van der Waals surface area contributed by atoms with E-state index in [1.807, 2.05) is 21.1 Å². The Morgan fingerprint density at radius 3 is 1.51 bits per heavy atom. The average Bonchev–Trinajstić information content (AvgIpc) is 2.92. The van der Waals surface area contributed by atoms with Crippen molar-refractivity contribution in [2.75, 3.05) is 81.8 Å². The van der Waals surface area contributed by atoms with Gasteiger partial charge < -0.3 is 28.4 Å². The third-order valence-electron chi connectivity index (χ3n) is 6.91. The van der Waals surface area contributed by atoms with Crippen molar-refractivity contribution >= 4 is 19.8 Å². The van der Waals surface area contributed by atoms with Crippen LogP contribution in [0.4, 0.5) is 0 Å². The Hall–Kier alpha value is -1.07. The fourth-order valence-electron chi connectivity index (χ4n) is 4.02. The Kier molecular flexibility index (Phi) is 28.6. The summed E-state index contributed by atoms with van der Waals surface area (Å²) >= 11 is 0. The van der Waals surface area contributed by atoms with E-state index in [2.05, 4.69) is 35.0 Å². The number of hydrogen-bond donors (Lipinski definition) is 2. The first-order chi connectivity index (χ1) is 21.0. The summed E-state index contributed by atoms with van der Waals surface area (Å²) < 4.78 is 34.5. The third kappa shape index (κ3) is 37.3. The van der Waals surface area contributed by atoms with Gasteiger partial charge in [0.05, 0.1) is 55.5 Å². The fraction of sp³-hybridized carbons (Fsp3) is 0.939. The molecule has 0 radical (unpaired) electrons. The van der Waals surface area contributed by atoms with Crippen LogP contribution in [0.5, 0.6) is 0 Å². The molecule has 2 atom stereocenters. The summed E-state index contributed by atoms with van der Waals surface area (Å²) in [5, 5.41) is 8.39. The Morgan fingerprint density at radius 1 is 0.644 bits per heavy atom. The van der Waals surface area contributed by atoms with Crippen molar-refractivity contribution in [3.8, 4) is 0 Å². The Balaban J connectivity index is 0. The summed E-state index contributed by atoms with van der Waals surface area (Å²) in [5.74, 6) is -0.813. The van der Waals surface area contributed by atoms with E-state index in [-0.39, 0.29) is 32.2 Å². The second-order valence-corrected chi connectivity index (χ2v) is 15.3. The summed E-state index contributed by atoms with van der Waals surface area (Å²) in [6.07, 6.45) is 14.7. The molecule has 0 heterocycles. The first-order valence-corrected chi connectivity index (χ1v) is 18.7. The number of ether oxygens (including phenoxy) is 2. The number of nitrogens with zero attached hydrogens (tertiary/aromatic N) is 2. The highest BCUT2D eigenvalue weighted by Gasteiger charge is 2.27. The molecule has 11 nitrogen and oxygen atoms in total. The molecule has 0 spiro atoms. The number of likely N-dealkylation sites (N-methyl/N-ethyl adjacent to an activating group) is 2. The van der Waals surface area contributed by atoms with Crippen LogP contribution in [0.3, 0.4) is 0 Å². The second kappa shape index (κ2) is 28.0. The minimum absolute atomic E-state index is 0.0351. The smallest absolute Gasteiger partial charge is 0.462 e. The van der Waals surface area contributed by atoms with Crippen molar-refractivity contribution in [3.63, 3.8) is 0 Å². The van der Waals surface area contributed by atoms with Crippen LogP contribution in [-0.2, 0) is 32.7 Å². The zero-order valence-electron chi connectivity index (χ0n) is 30.2. The van der Waals surface area contributed by atoms with Gasteiger partial charge in [-0.3, -0.25) is 18.6 Å². The second-order valence-electron chi connectivity index (χ2n) is 13.9. The van der Waals surface area contributed by atoms with Gasteiger partial charge in [-0.1, -0.05) is 90.9 Å². The van der Waals surface area contributed by atoms with Crippen LogP contribution in [0.1, 0.15) is 117 Å². The molecular weight excluding hydrogens is 599 g/mol. The van der Waals surface area contributed by atoms with Gasteiger partial charge in [0.2, 0.25) is 0 Å². The molecule has 2 N–H and O–H groups in total. The number of aliphatic hydroxyl groups excluding tert-OH is 1. The fourth-order valence-corrected chi connectivity index (χ4v) is 4.76. The van der Waals surface area contributed by atoms with Crippen LogP contribution < -0.4 is 0 Å². The number of quaternary nitrogens is 2. The van der Waals surface area contributed by atoms with Crippen molar-refractivity contribution in [2.24, 2.45) is 0 Å². The van der Waals surface area contributed by atoms with Crippen LogP contribution in [0.25, 0.3) is 0 Å². The molecule has 0 rings (SSSR count). The summed E-state index contributed by atoms with van der Waals surface area (Å²) in [6.45, 7) is 5.40.